The highest BCUT2D eigenvalue weighted by Gasteiger charge is 2.61. The molecule has 0 bridgehead atoms. The molecule has 3 aliphatic rings. The molecule has 1 aliphatic carbocycles. The first-order valence-corrected chi connectivity index (χ1v) is 6.71. The molecule has 6 nitrogen and oxygen atoms in total. The van der Waals surface area contributed by atoms with Crippen LogP contribution in [0, 0.1) is 17.0 Å². The molecule has 0 saturated carbocycles. The first kappa shape index (κ1) is 15.2. The van der Waals surface area contributed by atoms with Gasteiger partial charge < -0.3 is 15.6 Å². The van der Waals surface area contributed by atoms with Gasteiger partial charge in [-0.05, 0) is 6.08 Å². The summed E-state index contributed by atoms with van der Waals surface area (Å²) in [5, 5.41) is 24.2. The molecule has 2 amide bonds. The predicted molar refractivity (Wildman–Crippen MR) is 66.3 cm³/mol. The monoisotopic (exact) mass is 318 g/mol. The maximum atomic E-state index is 13.8. The summed E-state index contributed by atoms with van der Waals surface area (Å²) in [5.41, 5.74) is 0. The van der Waals surface area contributed by atoms with Crippen molar-refractivity contribution in [3.05, 3.63) is 29.3 Å². The lowest BCUT2D eigenvalue weighted by Gasteiger charge is -2.47. The molecule has 5 atom stereocenters. The number of alkyl halides is 2. The van der Waals surface area contributed by atoms with Gasteiger partial charge in [0.25, 0.3) is 5.91 Å². The normalized spacial score (nSPS) is 43.6. The summed E-state index contributed by atoms with van der Waals surface area (Å²) < 4.78 is 39.1. The van der Waals surface area contributed by atoms with Crippen molar-refractivity contribution in [2.45, 2.75) is 24.6 Å². The Hall–Kier alpha value is -1.71. The Labute approximate surface area is 123 Å². The van der Waals surface area contributed by atoms with E-state index in [0.29, 0.717) is 0 Å². The van der Waals surface area contributed by atoms with E-state index in [0.717, 1.165) is 6.08 Å². The van der Waals surface area contributed by atoms with Gasteiger partial charge in [0, 0.05) is 5.92 Å². The quantitative estimate of drug-likeness (QED) is 0.539. The minimum atomic E-state index is -3.86. The van der Waals surface area contributed by atoms with Crippen LogP contribution in [-0.4, -0.2) is 46.3 Å². The molecule has 2 heterocycles. The minimum absolute atomic E-state index is 0.449. The number of halogens is 3. The third-order valence-corrected chi connectivity index (χ3v) is 4.44. The number of carbonyl (C=O) groups excluding carboxylic acids is 2. The lowest BCUT2D eigenvalue weighted by molar-refractivity contribution is -0.832. The van der Waals surface area contributed by atoms with Crippen molar-refractivity contribution in [3.8, 4) is 0 Å². The molecular weight excluding hydrogens is 305 g/mol. The van der Waals surface area contributed by atoms with Crippen molar-refractivity contribution in [2.75, 3.05) is 6.54 Å². The Bertz CT molecular complexity index is 606. The molecule has 2 N–H and O–H groups in total. The summed E-state index contributed by atoms with van der Waals surface area (Å²) >= 11 is 0. The summed E-state index contributed by atoms with van der Waals surface area (Å²) in [7, 11) is 0. The zero-order valence-electron chi connectivity index (χ0n) is 11.2. The van der Waals surface area contributed by atoms with Crippen molar-refractivity contribution in [2.24, 2.45) is 11.8 Å². The standard InChI is InChI=1S/C13H13F3N2O4/c14-7-3-1-2-6-5-18(22,11(20)9(6)7)8-4-13(15,16)12(21)17-10(8)19/h1-3,6,8-10,19H,4-5H2,(H,17,21). The number of piperidine rings is 1. The van der Waals surface area contributed by atoms with Gasteiger partial charge in [-0.3, -0.25) is 9.44 Å². The Balaban J connectivity index is 1.94. The van der Waals surface area contributed by atoms with Gasteiger partial charge >= 0.3 is 11.8 Å². The van der Waals surface area contributed by atoms with Crippen LogP contribution in [0.15, 0.2) is 24.1 Å². The van der Waals surface area contributed by atoms with Crippen molar-refractivity contribution in [3.63, 3.8) is 0 Å². The number of hydroxylamine groups is 3. The van der Waals surface area contributed by atoms with Crippen LogP contribution in [0.3, 0.4) is 0 Å². The van der Waals surface area contributed by atoms with Gasteiger partial charge in [0.15, 0.2) is 6.23 Å². The third-order valence-electron chi connectivity index (χ3n) is 4.44. The number of rotatable bonds is 1. The van der Waals surface area contributed by atoms with Crippen molar-refractivity contribution < 1.29 is 32.5 Å². The number of fused-ring (bicyclic) bond motifs is 1. The molecule has 2 saturated heterocycles. The maximum absolute atomic E-state index is 13.8. The van der Waals surface area contributed by atoms with Gasteiger partial charge in [0.2, 0.25) is 0 Å². The van der Waals surface area contributed by atoms with Crippen LogP contribution in [0.25, 0.3) is 0 Å². The SMILES string of the molecule is O=C1NC(O)C([N+]2([O-])CC3C=CC=C(F)C3C2=O)CC1(F)F. The average molecular weight is 318 g/mol. The zero-order chi connectivity index (χ0) is 16.3. The fraction of sp³-hybridized carbons (Fsp3) is 0.538. The number of hydrogen-bond donors (Lipinski definition) is 2. The second-order valence-corrected chi connectivity index (χ2v) is 5.79. The van der Waals surface area contributed by atoms with Gasteiger partial charge in [-0.2, -0.15) is 8.78 Å². The van der Waals surface area contributed by atoms with Crippen molar-refractivity contribution >= 4 is 11.8 Å². The van der Waals surface area contributed by atoms with Crippen LogP contribution in [-0.2, 0) is 9.59 Å². The van der Waals surface area contributed by atoms with E-state index in [4.69, 9.17) is 0 Å². The van der Waals surface area contributed by atoms with Crippen LogP contribution in [0.4, 0.5) is 13.2 Å². The summed E-state index contributed by atoms with van der Waals surface area (Å²) in [4.78, 5) is 23.4. The molecule has 0 aromatic heterocycles. The number of aliphatic hydroxyl groups excluding tert-OH is 1. The van der Waals surface area contributed by atoms with E-state index >= 15 is 0 Å². The van der Waals surface area contributed by atoms with Crippen molar-refractivity contribution in [1.82, 2.24) is 5.32 Å². The molecule has 9 heteroatoms. The number of likely N-dealkylation sites (tertiary alicyclic amines) is 1. The van der Waals surface area contributed by atoms with Gasteiger partial charge in [-0.25, -0.2) is 9.18 Å². The second kappa shape index (κ2) is 4.64. The van der Waals surface area contributed by atoms with Crippen molar-refractivity contribution in [1.29, 1.82) is 0 Å². The summed E-state index contributed by atoms with van der Waals surface area (Å²) in [6.07, 6.45) is 0.721. The third kappa shape index (κ3) is 2.00. The highest BCUT2D eigenvalue weighted by Crippen LogP contribution is 2.43. The maximum Gasteiger partial charge on any atom is 0.330 e. The van der Waals surface area contributed by atoms with E-state index in [1.807, 2.05) is 0 Å². The predicted octanol–water partition coefficient (Wildman–Crippen LogP) is 0.339. The van der Waals surface area contributed by atoms with Gasteiger partial charge in [-0.1, -0.05) is 12.2 Å². The molecule has 3 rings (SSSR count). The van der Waals surface area contributed by atoms with E-state index in [1.165, 1.54) is 12.2 Å². The smallest absolute Gasteiger partial charge is 0.330 e. The van der Waals surface area contributed by atoms with E-state index in [1.54, 1.807) is 5.32 Å². The number of nitrogens with one attached hydrogen (secondary N) is 1. The number of aliphatic hydroxyl groups is 1. The van der Waals surface area contributed by atoms with Gasteiger partial charge in [0.1, 0.15) is 17.8 Å². The first-order valence-electron chi connectivity index (χ1n) is 6.71. The molecular formula is C13H13F3N2O4. The highest BCUT2D eigenvalue weighted by molar-refractivity contribution is 5.85. The average Bonchev–Trinajstić information content (AvgIpc) is 2.68. The topological polar surface area (TPSA) is 89.5 Å². The molecule has 0 spiro atoms. The first-order chi connectivity index (χ1) is 10.2. The molecule has 2 aliphatic heterocycles. The molecule has 2 fully saturated rings. The lowest BCUT2D eigenvalue weighted by Crippen LogP contribution is -2.68. The Kier molecular flexibility index (Phi) is 3.21. The Morgan fingerprint density at radius 3 is 2.73 bits per heavy atom. The van der Waals surface area contributed by atoms with Gasteiger partial charge in [0.05, 0.1) is 13.0 Å². The zero-order valence-corrected chi connectivity index (χ0v) is 11.2. The van der Waals surface area contributed by atoms with Crippen LogP contribution in [0.5, 0.6) is 0 Å². The van der Waals surface area contributed by atoms with E-state index in [-0.39, 0.29) is 0 Å². The largest absolute Gasteiger partial charge is 0.625 e. The number of nitrogens with zero attached hydrogens (tertiary/aromatic N) is 1. The van der Waals surface area contributed by atoms with Crippen LogP contribution in [0.2, 0.25) is 0 Å². The number of amides is 2. The molecule has 0 radical (unpaired) electrons. The fourth-order valence-corrected chi connectivity index (χ4v) is 3.29. The Morgan fingerprint density at radius 2 is 2.09 bits per heavy atom. The number of quaternary nitrogens is 1. The van der Waals surface area contributed by atoms with Crippen LogP contribution < -0.4 is 5.32 Å². The van der Waals surface area contributed by atoms with E-state index in [2.05, 4.69) is 0 Å². The fourth-order valence-electron chi connectivity index (χ4n) is 3.29. The number of allylic oxidation sites excluding steroid dienone is 2. The number of hydrogen-bond acceptors (Lipinski definition) is 4. The van der Waals surface area contributed by atoms with E-state index < -0.39 is 65.3 Å². The lowest BCUT2D eigenvalue weighted by atomic mass is 9.90. The molecule has 0 aromatic rings. The summed E-state index contributed by atoms with van der Waals surface area (Å²) in [6, 6.07) is -1.77. The Morgan fingerprint density at radius 1 is 1.41 bits per heavy atom. The summed E-state index contributed by atoms with van der Waals surface area (Å²) in [5.74, 6) is -9.53. The summed E-state index contributed by atoms with van der Waals surface area (Å²) in [6.45, 7) is -0.449. The molecule has 5 unspecified atom stereocenters. The minimum Gasteiger partial charge on any atom is -0.625 e. The highest BCUT2D eigenvalue weighted by atomic mass is 19.3. The molecule has 0 aromatic carbocycles. The molecule has 120 valence electrons. The number of carbonyl (C=O) groups is 2. The van der Waals surface area contributed by atoms with Crippen LogP contribution in [0.1, 0.15) is 6.42 Å². The van der Waals surface area contributed by atoms with Gasteiger partial charge in [-0.15, -0.1) is 0 Å². The van der Waals surface area contributed by atoms with Crippen LogP contribution >= 0.6 is 0 Å². The molecule has 22 heavy (non-hydrogen) atoms. The second-order valence-electron chi connectivity index (χ2n) is 5.79. The van der Waals surface area contributed by atoms with E-state index in [9.17, 15) is 33.1 Å².